The maximum absolute atomic E-state index is 12.7. The molecule has 0 unspecified atom stereocenters. The van der Waals surface area contributed by atoms with Gasteiger partial charge in [-0.3, -0.25) is 9.59 Å². The molecule has 2 aromatic carbocycles. The van der Waals surface area contributed by atoms with Crippen LogP contribution in [-0.2, 0) is 19.6 Å². The lowest BCUT2D eigenvalue weighted by molar-refractivity contribution is -0.131. The van der Waals surface area contributed by atoms with Crippen molar-refractivity contribution in [3.05, 3.63) is 53.6 Å². The molecular weight excluding hydrogens is 354 g/mol. The van der Waals surface area contributed by atoms with Crippen LogP contribution in [0.25, 0.3) is 0 Å². The number of halogens is 1. The third-order valence-electron chi connectivity index (χ3n) is 2.97. The Morgan fingerprint density at radius 3 is 2.17 bits per heavy atom. The van der Waals surface area contributed by atoms with Crippen molar-refractivity contribution in [3.63, 3.8) is 0 Å². The van der Waals surface area contributed by atoms with Crippen LogP contribution in [0.1, 0.15) is 13.8 Å². The number of anilines is 1. The van der Waals surface area contributed by atoms with Crippen molar-refractivity contribution in [2.24, 2.45) is 0 Å². The second kappa shape index (κ2) is 7.02. The van der Waals surface area contributed by atoms with Gasteiger partial charge >= 0.3 is 5.97 Å². The van der Waals surface area contributed by atoms with Gasteiger partial charge in [-0.05, 0) is 30.3 Å². The summed E-state index contributed by atoms with van der Waals surface area (Å²) in [6.45, 7) is 2.35. The zero-order chi connectivity index (χ0) is 17.9. The van der Waals surface area contributed by atoms with Crippen LogP contribution in [0.3, 0.4) is 0 Å². The Hall–Kier alpha value is -2.38. The lowest BCUT2D eigenvalue weighted by atomic mass is 10.3. The molecule has 0 N–H and O–H groups in total. The van der Waals surface area contributed by atoms with Gasteiger partial charge in [0.15, 0.2) is 0 Å². The van der Waals surface area contributed by atoms with E-state index in [-0.39, 0.29) is 21.4 Å². The van der Waals surface area contributed by atoms with Crippen LogP contribution in [0, 0.1) is 0 Å². The van der Waals surface area contributed by atoms with Gasteiger partial charge in [0.25, 0.3) is 10.0 Å². The predicted molar refractivity (Wildman–Crippen MR) is 89.5 cm³/mol. The minimum atomic E-state index is -4.09. The monoisotopic (exact) mass is 367 g/mol. The summed E-state index contributed by atoms with van der Waals surface area (Å²) < 4.78 is 31.0. The van der Waals surface area contributed by atoms with Crippen LogP contribution in [0.2, 0.25) is 5.02 Å². The van der Waals surface area contributed by atoms with Gasteiger partial charge in [0, 0.05) is 13.8 Å². The predicted octanol–water partition coefficient (Wildman–Crippen LogP) is 3.01. The molecule has 0 atom stereocenters. The van der Waals surface area contributed by atoms with Crippen LogP contribution in [-0.4, -0.2) is 20.3 Å². The van der Waals surface area contributed by atoms with Gasteiger partial charge in [-0.2, -0.15) is 0 Å². The summed E-state index contributed by atoms with van der Waals surface area (Å²) in [7, 11) is -4.09. The summed E-state index contributed by atoms with van der Waals surface area (Å²) in [5.41, 5.74) is 0.0484. The van der Waals surface area contributed by atoms with Gasteiger partial charge in [0.2, 0.25) is 5.91 Å². The number of sulfonamides is 1. The topological polar surface area (TPSA) is 80.8 Å². The third-order valence-corrected chi connectivity index (χ3v) is 5.08. The molecule has 0 aromatic heterocycles. The van der Waals surface area contributed by atoms with Crippen molar-refractivity contribution in [1.82, 2.24) is 0 Å². The second-order valence-electron chi connectivity index (χ2n) is 4.81. The molecule has 8 heteroatoms. The molecule has 24 heavy (non-hydrogen) atoms. The number of benzene rings is 2. The van der Waals surface area contributed by atoms with Gasteiger partial charge < -0.3 is 4.74 Å². The second-order valence-corrected chi connectivity index (χ2v) is 7.00. The van der Waals surface area contributed by atoms with Crippen molar-refractivity contribution in [3.8, 4) is 5.75 Å². The Labute approximate surface area is 144 Å². The highest BCUT2D eigenvalue weighted by Crippen LogP contribution is 2.32. The molecule has 0 saturated carbocycles. The molecule has 0 aliphatic heterocycles. The molecule has 6 nitrogen and oxygen atoms in total. The number of carbonyl (C=O) groups is 2. The lowest BCUT2D eigenvalue weighted by Gasteiger charge is -2.21. The molecule has 0 aliphatic rings. The minimum absolute atomic E-state index is 0.0113. The Morgan fingerprint density at radius 2 is 1.67 bits per heavy atom. The van der Waals surface area contributed by atoms with E-state index in [2.05, 4.69) is 0 Å². The fourth-order valence-corrected chi connectivity index (χ4v) is 3.70. The quantitative estimate of drug-likeness (QED) is 0.613. The molecule has 0 heterocycles. The lowest BCUT2D eigenvalue weighted by Crippen LogP contribution is -2.35. The largest absolute Gasteiger partial charge is 0.425 e. The van der Waals surface area contributed by atoms with Crippen molar-refractivity contribution in [2.75, 3.05) is 4.31 Å². The Kier molecular flexibility index (Phi) is 5.26. The van der Waals surface area contributed by atoms with E-state index in [0.717, 1.165) is 6.92 Å². The van der Waals surface area contributed by atoms with Gasteiger partial charge in [-0.25, -0.2) is 12.7 Å². The molecule has 0 fully saturated rings. The zero-order valence-corrected chi connectivity index (χ0v) is 14.5. The SMILES string of the molecule is CC(=O)Oc1ccc(N(C(C)=O)S(=O)(=O)c2ccccc2)cc1Cl. The van der Waals surface area contributed by atoms with E-state index in [1.807, 2.05) is 0 Å². The average molecular weight is 368 g/mol. The number of carbonyl (C=O) groups excluding carboxylic acids is 2. The first-order chi connectivity index (χ1) is 11.2. The molecular formula is C16H14ClNO5S. The molecule has 0 saturated heterocycles. The van der Waals surface area contributed by atoms with Crippen LogP contribution in [0.4, 0.5) is 5.69 Å². The molecule has 0 spiro atoms. The van der Waals surface area contributed by atoms with E-state index in [0.29, 0.717) is 4.31 Å². The average Bonchev–Trinajstić information content (AvgIpc) is 2.50. The minimum Gasteiger partial charge on any atom is -0.425 e. The molecule has 126 valence electrons. The first kappa shape index (κ1) is 18.0. The van der Waals surface area contributed by atoms with Crippen LogP contribution in [0.15, 0.2) is 53.4 Å². The summed E-state index contributed by atoms with van der Waals surface area (Å²) in [6.07, 6.45) is 0. The van der Waals surface area contributed by atoms with Crippen LogP contribution < -0.4 is 9.04 Å². The smallest absolute Gasteiger partial charge is 0.308 e. The number of hydrogen-bond donors (Lipinski definition) is 0. The first-order valence-electron chi connectivity index (χ1n) is 6.82. The van der Waals surface area contributed by atoms with E-state index >= 15 is 0 Å². The highest BCUT2D eigenvalue weighted by molar-refractivity contribution is 7.93. The normalized spacial score (nSPS) is 11.0. The molecule has 2 aromatic rings. The maximum Gasteiger partial charge on any atom is 0.308 e. The van der Waals surface area contributed by atoms with Crippen LogP contribution >= 0.6 is 11.6 Å². The molecule has 1 amide bonds. The van der Waals surface area contributed by atoms with Gasteiger partial charge in [0.1, 0.15) is 5.75 Å². The Balaban J connectivity index is 2.51. The number of esters is 1. The van der Waals surface area contributed by atoms with E-state index in [1.165, 1.54) is 37.3 Å². The number of rotatable bonds is 4. The fraction of sp³-hybridized carbons (Fsp3) is 0.125. The molecule has 2 rings (SSSR count). The van der Waals surface area contributed by atoms with Gasteiger partial charge in [0.05, 0.1) is 15.6 Å². The van der Waals surface area contributed by atoms with Crippen LogP contribution in [0.5, 0.6) is 5.75 Å². The van der Waals surface area contributed by atoms with E-state index in [9.17, 15) is 18.0 Å². The summed E-state index contributed by atoms with van der Waals surface area (Å²) in [6, 6.07) is 11.5. The van der Waals surface area contributed by atoms with Crippen molar-refractivity contribution in [1.29, 1.82) is 0 Å². The zero-order valence-electron chi connectivity index (χ0n) is 12.9. The molecule has 0 radical (unpaired) electrons. The highest BCUT2D eigenvalue weighted by Gasteiger charge is 2.29. The number of nitrogens with zero attached hydrogens (tertiary/aromatic N) is 1. The van der Waals surface area contributed by atoms with Crippen molar-refractivity contribution < 1.29 is 22.7 Å². The van der Waals surface area contributed by atoms with Crippen molar-refractivity contribution >= 4 is 39.2 Å². The van der Waals surface area contributed by atoms with Gasteiger partial charge in [-0.1, -0.05) is 29.8 Å². The summed E-state index contributed by atoms with van der Waals surface area (Å²) in [5.74, 6) is -1.19. The molecule has 0 aliphatic carbocycles. The fourth-order valence-electron chi connectivity index (χ4n) is 2.04. The van der Waals surface area contributed by atoms with Crippen molar-refractivity contribution in [2.45, 2.75) is 18.7 Å². The number of hydrogen-bond acceptors (Lipinski definition) is 5. The Morgan fingerprint density at radius 1 is 1.04 bits per heavy atom. The van der Waals surface area contributed by atoms with E-state index < -0.39 is 21.9 Å². The maximum atomic E-state index is 12.7. The first-order valence-corrected chi connectivity index (χ1v) is 8.64. The highest BCUT2D eigenvalue weighted by atomic mass is 35.5. The van der Waals surface area contributed by atoms with E-state index in [1.54, 1.807) is 18.2 Å². The standard InChI is InChI=1S/C16H14ClNO5S/c1-11(19)18(24(21,22)14-6-4-3-5-7-14)13-8-9-16(15(17)10-13)23-12(2)20/h3-10H,1-2H3. The third kappa shape index (κ3) is 3.74. The summed E-state index contributed by atoms with van der Waals surface area (Å²) >= 11 is 6.01. The number of ether oxygens (including phenoxy) is 1. The number of amides is 1. The Bertz CT molecular complexity index is 881. The van der Waals surface area contributed by atoms with Gasteiger partial charge in [-0.15, -0.1) is 0 Å². The van der Waals surface area contributed by atoms with E-state index in [4.69, 9.17) is 16.3 Å². The molecule has 0 bridgehead atoms. The summed E-state index contributed by atoms with van der Waals surface area (Å²) in [5, 5.41) is 0.0113. The summed E-state index contributed by atoms with van der Waals surface area (Å²) in [4.78, 5) is 22.9.